The highest BCUT2D eigenvalue weighted by Gasteiger charge is 2.11. The number of ketones is 1. The van der Waals surface area contributed by atoms with Crippen LogP contribution in [0.15, 0.2) is 28.8 Å². The lowest BCUT2D eigenvalue weighted by atomic mass is 10.1. The molecule has 114 valence electrons. The molecule has 0 aliphatic carbocycles. The fraction of sp³-hybridized carbons (Fsp3) is 0.400. The van der Waals surface area contributed by atoms with Gasteiger partial charge in [-0.05, 0) is 26.1 Å². The first-order valence-electron chi connectivity index (χ1n) is 6.77. The van der Waals surface area contributed by atoms with E-state index in [0.29, 0.717) is 36.2 Å². The highest BCUT2D eigenvalue weighted by molar-refractivity contribution is 5.96. The van der Waals surface area contributed by atoms with Crippen molar-refractivity contribution in [3.8, 4) is 11.5 Å². The number of halogens is 1. The van der Waals surface area contributed by atoms with E-state index in [-0.39, 0.29) is 18.2 Å². The Balaban J connectivity index is 0.00000220. The van der Waals surface area contributed by atoms with Crippen molar-refractivity contribution in [2.24, 2.45) is 0 Å². The monoisotopic (exact) mass is 309 g/mol. The summed E-state index contributed by atoms with van der Waals surface area (Å²) in [6, 6.07) is 7.55. The third kappa shape index (κ3) is 4.37. The Labute approximate surface area is 130 Å². The Morgan fingerprint density at radius 3 is 2.57 bits per heavy atom. The van der Waals surface area contributed by atoms with E-state index in [2.05, 4.69) is 22.4 Å². The van der Waals surface area contributed by atoms with Gasteiger partial charge in [-0.15, -0.1) is 12.4 Å². The number of nitrogens with zero attached hydrogens (tertiary/aromatic N) is 2. The van der Waals surface area contributed by atoms with E-state index in [4.69, 9.17) is 4.52 Å². The molecule has 0 aliphatic rings. The lowest BCUT2D eigenvalue weighted by Gasteiger charge is -2.04. The molecule has 6 heteroatoms. The maximum atomic E-state index is 11.6. The summed E-state index contributed by atoms with van der Waals surface area (Å²) in [5.74, 6) is 1.29. The Hall–Kier alpha value is -1.72. The van der Waals surface area contributed by atoms with Gasteiger partial charge in [-0.1, -0.05) is 24.2 Å². The molecule has 1 atom stereocenters. The maximum absolute atomic E-state index is 11.6. The van der Waals surface area contributed by atoms with Crippen molar-refractivity contribution in [1.82, 2.24) is 15.5 Å². The molecule has 0 saturated heterocycles. The Morgan fingerprint density at radius 1 is 1.33 bits per heavy atom. The predicted octanol–water partition coefficient (Wildman–Crippen LogP) is 2.90. The first-order valence-corrected chi connectivity index (χ1v) is 6.77. The number of carbonyl (C=O) groups is 1. The van der Waals surface area contributed by atoms with E-state index in [1.807, 2.05) is 26.1 Å². The number of hydrogen-bond donors (Lipinski definition) is 1. The average Bonchev–Trinajstić information content (AvgIpc) is 2.95. The van der Waals surface area contributed by atoms with Gasteiger partial charge in [0.15, 0.2) is 11.6 Å². The van der Waals surface area contributed by atoms with Gasteiger partial charge < -0.3 is 9.84 Å². The molecule has 0 saturated carbocycles. The van der Waals surface area contributed by atoms with Crippen molar-refractivity contribution in [2.75, 3.05) is 7.05 Å². The number of nitrogens with one attached hydrogen (secondary N) is 1. The van der Waals surface area contributed by atoms with Crippen molar-refractivity contribution in [1.29, 1.82) is 0 Å². The van der Waals surface area contributed by atoms with E-state index < -0.39 is 0 Å². The summed E-state index contributed by atoms with van der Waals surface area (Å²) >= 11 is 0. The molecule has 0 bridgehead atoms. The summed E-state index contributed by atoms with van der Waals surface area (Å²) in [5.41, 5.74) is 1.54. The molecule has 1 aromatic heterocycles. The molecule has 1 heterocycles. The lowest BCUT2D eigenvalue weighted by Crippen LogP contribution is -2.24. The van der Waals surface area contributed by atoms with Crippen LogP contribution in [0.1, 0.15) is 36.5 Å². The van der Waals surface area contributed by atoms with Crippen LogP contribution in [-0.4, -0.2) is 29.0 Å². The van der Waals surface area contributed by atoms with Crippen LogP contribution in [0.5, 0.6) is 0 Å². The Bertz CT molecular complexity index is 581. The normalized spacial score (nSPS) is 11.8. The number of Topliss-reactive ketones (excluding diaryl/α,β-unsaturated/α-hetero) is 1. The number of likely N-dealkylation sites (N-methyl/N-ethyl adjacent to an activating group) is 1. The zero-order chi connectivity index (χ0) is 14.5. The minimum Gasteiger partial charge on any atom is -0.334 e. The zero-order valence-electron chi connectivity index (χ0n) is 12.4. The van der Waals surface area contributed by atoms with Gasteiger partial charge in [-0.2, -0.15) is 4.98 Å². The summed E-state index contributed by atoms with van der Waals surface area (Å²) in [5, 5.41) is 7.09. The standard InChI is InChI=1S/C15H19N3O2.ClH/c1-4-13(19)11-5-7-12(8-6-11)15-17-14(18-20-15)9-10(2)16-3;/h5-8,10,16H,4,9H2,1-3H3;1H. The van der Waals surface area contributed by atoms with Crippen LogP contribution >= 0.6 is 12.4 Å². The maximum Gasteiger partial charge on any atom is 0.257 e. The molecule has 0 spiro atoms. The molecule has 0 fully saturated rings. The van der Waals surface area contributed by atoms with Crippen LogP contribution in [0, 0.1) is 0 Å². The quantitative estimate of drug-likeness (QED) is 0.831. The lowest BCUT2D eigenvalue weighted by molar-refractivity contribution is 0.0988. The van der Waals surface area contributed by atoms with E-state index >= 15 is 0 Å². The van der Waals surface area contributed by atoms with Crippen LogP contribution in [0.2, 0.25) is 0 Å². The van der Waals surface area contributed by atoms with Crippen molar-refractivity contribution < 1.29 is 9.32 Å². The van der Waals surface area contributed by atoms with Gasteiger partial charge in [0.05, 0.1) is 0 Å². The molecule has 5 nitrogen and oxygen atoms in total. The van der Waals surface area contributed by atoms with Crippen LogP contribution in [0.4, 0.5) is 0 Å². The molecule has 2 rings (SSSR count). The van der Waals surface area contributed by atoms with Gasteiger partial charge in [0.1, 0.15) is 0 Å². The average molecular weight is 310 g/mol. The summed E-state index contributed by atoms with van der Waals surface area (Å²) in [6.07, 6.45) is 1.22. The summed E-state index contributed by atoms with van der Waals surface area (Å²) in [4.78, 5) is 15.9. The van der Waals surface area contributed by atoms with E-state index in [0.717, 1.165) is 5.56 Å². The summed E-state index contributed by atoms with van der Waals surface area (Å²) in [7, 11) is 1.90. The van der Waals surface area contributed by atoms with Crippen molar-refractivity contribution in [2.45, 2.75) is 32.7 Å². The smallest absolute Gasteiger partial charge is 0.257 e. The summed E-state index contributed by atoms with van der Waals surface area (Å²) < 4.78 is 5.25. The zero-order valence-corrected chi connectivity index (χ0v) is 13.2. The van der Waals surface area contributed by atoms with Crippen molar-refractivity contribution >= 4 is 18.2 Å². The van der Waals surface area contributed by atoms with Crippen molar-refractivity contribution in [3.05, 3.63) is 35.7 Å². The third-order valence-electron chi connectivity index (χ3n) is 3.22. The molecule has 21 heavy (non-hydrogen) atoms. The molecule has 1 N–H and O–H groups in total. The fourth-order valence-electron chi connectivity index (χ4n) is 1.83. The second kappa shape index (κ2) is 7.90. The molecule has 2 aromatic rings. The van der Waals surface area contributed by atoms with E-state index in [1.54, 1.807) is 12.1 Å². The first-order chi connectivity index (χ1) is 9.63. The van der Waals surface area contributed by atoms with Gasteiger partial charge in [0.25, 0.3) is 5.89 Å². The third-order valence-corrected chi connectivity index (χ3v) is 3.22. The number of carbonyl (C=O) groups excluding carboxylic acids is 1. The van der Waals surface area contributed by atoms with Crippen LogP contribution in [0.25, 0.3) is 11.5 Å². The molecule has 0 amide bonds. The molecule has 1 aromatic carbocycles. The Morgan fingerprint density at radius 2 is 2.00 bits per heavy atom. The van der Waals surface area contributed by atoms with Crippen LogP contribution in [-0.2, 0) is 6.42 Å². The SMILES string of the molecule is CCC(=O)c1ccc(-c2nc(CC(C)NC)no2)cc1.Cl. The molecule has 0 aliphatic heterocycles. The first kappa shape index (κ1) is 17.3. The topological polar surface area (TPSA) is 68.0 Å². The number of benzene rings is 1. The molecular formula is C15H20ClN3O2. The second-order valence-electron chi connectivity index (χ2n) is 4.76. The van der Waals surface area contributed by atoms with Gasteiger partial charge in [-0.3, -0.25) is 4.79 Å². The number of hydrogen-bond acceptors (Lipinski definition) is 5. The molecule has 1 unspecified atom stereocenters. The minimum atomic E-state index is 0. The van der Waals surface area contributed by atoms with Gasteiger partial charge in [-0.25, -0.2) is 0 Å². The largest absolute Gasteiger partial charge is 0.334 e. The van der Waals surface area contributed by atoms with E-state index in [1.165, 1.54) is 0 Å². The highest BCUT2D eigenvalue weighted by Crippen LogP contribution is 2.18. The second-order valence-corrected chi connectivity index (χ2v) is 4.76. The van der Waals surface area contributed by atoms with Gasteiger partial charge >= 0.3 is 0 Å². The number of rotatable bonds is 6. The van der Waals surface area contributed by atoms with Crippen molar-refractivity contribution in [3.63, 3.8) is 0 Å². The molecule has 0 radical (unpaired) electrons. The van der Waals surface area contributed by atoms with Crippen LogP contribution in [0.3, 0.4) is 0 Å². The van der Waals surface area contributed by atoms with E-state index in [9.17, 15) is 4.79 Å². The van der Waals surface area contributed by atoms with Gasteiger partial charge in [0.2, 0.25) is 0 Å². The summed E-state index contributed by atoms with van der Waals surface area (Å²) in [6.45, 7) is 3.91. The van der Waals surface area contributed by atoms with Crippen LogP contribution < -0.4 is 5.32 Å². The van der Waals surface area contributed by atoms with Gasteiger partial charge in [0, 0.05) is 30.0 Å². The number of aromatic nitrogens is 2. The highest BCUT2D eigenvalue weighted by atomic mass is 35.5. The molecular weight excluding hydrogens is 290 g/mol. The minimum absolute atomic E-state index is 0. The predicted molar refractivity (Wildman–Crippen MR) is 83.8 cm³/mol. The fourth-order valence-corrected chi connectivity index (χ4v) is 1.83. The Kier molecular flexibility index (Phi) is 6.52.